The fraction of sp³-hybridized carbons (Fsp3) is 0.400. The van der Waals surface area contributed by atoms with E-state index in [2.05, 4.69) is 15.7 Å². The Balaban J connectivity index is 1.71. The van der Waals surface area contributed by atoms with Gasteiger partial charge < -0.3 is 15.4 Å². The van der Waals surface area contributed by atoms with Crippen molar-refractivity contribution in [2.75, 3.05) is 12.4 Å². The Labute approximate surface area is 143 Å². The van der Waals surface area contributed by atoms with Crippen LogP contribution in [0.15, 0.2) is 12.3 Å². The Bertz CT molecular complexity index is 751. The topological polar surface area (TPSA) is 68.2 Å². The lowest BCUT2D eigenvalue weighted by atomic mass is 10.1. The Kier molecular flexibility index (Phi) is 4.63. The molecule has 2 N–H and O–H groups in total. The van der Waals surface area contributed by atoms with E-state index in [1.165, 1.54) is 12.0 Å². The van der Waals surface area contributed by atoms with E-state index in [0.29, 0.717) is 17.2 Å². The van der Waals surface area contributed by atoms with Crippen molar-refractivity contribution >= 4 is 39.6 Å². The number of ether oxygens (including phenoxy) is 1. The van der Waals surface area contributed by atoms with Gasteiger partial charge in [0.1, 0.15) is 5.00 Å². The molecule has 2 aromatic heterocycles. The number of methoxy groups -OCH3 is 1. The Morgan fingerprint density at radius 2 is 2.35 bits per heavy atom. The van der Waals surface area contributed by atoms with Crippen molar-refractivity contribution in [2.24, 2.45) is 7.05 Å². The first-order chi connectivity index (χ1) is 11.1. The molecule has 0 amide bonds. The molecule has 1 aliphatic carbocycles. The van der Waals surface area contributed by atoms with Crippen molar-refractivity contribution in [3.8, 4) is 0 Å². The van der Waals surface area contributed by atoms with Crippen LogP contribution in [0.25, 0.3) is 0 Å². The monoisotopic (exact) mass is 350 g/mol. The first-order valence-corrected chi connectivity index (χ1v) is 8.57. The number of nitrogens with one attached hydrogen (secondary N) is 2. The molecule has 0 unspecified atom stereocenters. The lowest BCUT2D eigenvalue weighted by Gasteiger charge is -2.11. The second-order valence-corrected chi connectivity index (χ2v) is 6.82. The Hall–Kier alpha value is -1.93. The first kappa shape index (κ1) is 15.9. The van der Waals surface area contributed by atoms with Gasteiger partial charge in [-0.05, 0) is 43.1 Å². The van der Waals surface area contributed by atoms with E-state index in [4.69, 9.17) is 17.0 Å². The third-order valence-electron chi connectivity index (χ3n) is 3.89. The van der Waals surface area contributed by atoms with Gasteiger partial charge in [-0.1, -0.05) is 0 Å². The van der Waals surface area contributed by atoms with E-state index in [0.717, 1.165) is 35.5 Å². The smallest absolute Gasteiger partial charge is 0.341 e. The molecule has 2 heterocycles. The second-order valence-electron chi connectivity index (χ2n) is 5.31. The Morgan fingerprint density at radius 1 is 1.52 bits per heavy atom. The van der Waals surface area contributed by atoms with Crippen LogP contribution in [0.3, 0.4) is 0 Å². The highest BCUT2D eigenvalue weighted by molar-refractivity contribution is 7.80. The van der Waals surface area contributed by atoms with Crippen LogP contribution in [-0.2, 0) is 31.2 Å². The van der Waals surface area contributed by atoms with Gasteiger partial charge in [0.15, 0.2) is 5.11 Å². The molecular formula is C15H18N4O2S2. The zero-order valence-corrected chi connectivity index (χ0v) is 14.6. The molecule has 6 nitrogen and oxygen atoms in total. The van der Waals surface area contributed by atoms with E-state index >= 15 is 0 Å². The molecule has 122 valence electrons. The molecule has 0 bridgehead atoms. The molecule has 2 aromatic rings. The molecule has 0 aliphatic heterocycles. The van der Waals surface area contributed by atoms with Crippen molar-refractivity contribution < 1.29 is 9.53 Å². The van der Waals surface area contributed by atoms with E-state index in [-0.39, 0.29) is 5.97 Å². The van der Waals surface area contributed by atoms with Gasteiger partial charge in [0.25, 0.3) is 0 Å². The van der Waals surface area contributed by atoms with Crippen LogP contribution in [0.1, 0.15) is 32.9 Å². The van der Waals surface area contributed by atoms with Crippen LogP contribution in [0.4, 0.5) is 5.00 Å². The van der Waals surface area contributed by atoms with Crippen LogP contribution in [0.2, 0.25) is 0 Å². The molecule has 0 radical (unpaired) electrons. The molecule has 8 heteroatoms. The van der Waals surface area contributed by atoms with Gasteiger partial charge in [0.2, 0.25) is 0 Å². The normalized spacial score (nSPS) is 12.8. The van der Waals surface area contributed by atoms with Gasteiger partial charge in [0, 0.05) is 18.1 Å². The van der Waals surface area contributed by atoms with E-state index in [9.17, 15) is 4.79 Å². The summed E-state index contributed by atoms with van der Waals surface area (Å²) >= 11 is 6.93. The summed E-state index contributed by atoms with van der Waals surface area (Å²) in [7, 11) is 3.29. The van der Waals surface area contributed by atoms with Crippen molar-refractivity contribution in [3.05, 3.63) is 34.0 Å². The van der Waals surface area contributed by atoms with Crippen molar-refractivity contribution in [3.63, 3.8) is 0 Å². The van der Waals surface area contributed by atoms with Crippen LogP contribution in [0, 0.1) is 0 Å². The fourth-order valence-corrected chi connectivity index (χ4v) is 4.22. The number of aryl methyl sites for hydroxylation is 2. The average Bonchev–Trinajstić information content (AvgIpc) is 3.20. The highest BCUT2D eigenvalue weighted by Gasteiger charge is 2.27. The average molecular weight is 350 g/mol. The van der Waals surface area contributed by atoms with Gasteiger partial charge >= 0.3 is 5.97 Å². The molecule has 0 fully saturated rings. The fourth-order valence-electron chi connectivity index (χ4n) is 2.70. The first-order valence-electron chi connectivity index (χ1n) is 7.34. The predicted octanol–water partition coefficient (Wildman–Crippen LogP) is 2.24. The second kappa shape index (κ2) is 6.67. The predicted molar refractivity (Wildman–Crippen MR) is 94.0 cm³/mol. The number of anilines is 1. The number of aromatic nitrogens is 2. The summed E-state index contributed by atoms with van der Waals surface area (Å²) in [5, 5.41) is 11.6. The molecule has 3 rings (SSSR count). The van der Waals surface area contributed by atoms with Gasteiger partial charge in [-0.15, -0.1) is 11.3 Å². The molecule has 0 saturated carbocycles. The molecular weight excluding hydrogens is 332 g/mol. The largest absolute Gasteiger partial charge is 0.465 e. The number of fused-ring (bicyclic) bond motifs is 1. The summed E-state index contributed by atoms with van der Waals surface area (Å²) in [5.41, 5.74) is 2.77. The van der Waals surface area contributed by atoms with Crippen LogP contribution in [0.5, 0.6) is 0 Å². The number of hydrogen-bond acceptors (Lipinski definition) is 5. The van der Waals surface area contributed by atoms with Crippen molar-refractivity contribution in [1.82, 2.24) is 15.1 Å². The lowest BCUT2D eigenvalue weighted by Crippen LogP contribution is -2.29. The summed E-state index contributed by atoms with van der Waals surface area (Å²) in [6, 6.07) is 1.93. The van der Waals surface area contributed by atoms with Crippen LogP contribution < -0.4 is 10.6 Å². The summed E-state index contributed by atoms with van der Waals surface area (Å²) in [4.78, 5) is 13.3. The van der Waals surface area contributed by atoms with Gasteiger partial charge in [-0.25, -0.2) is 4.79 Å². The number of hydrogen-bond donors (Lipinski definition) is 2. The lowest BCUT2D eigenvalue weighted by molar-refractivity contribution is 0.0601. The standard InChI is InChI=1S/C15H18N4O2S2/c1-19-9(6-7-17-19)8-16-15(22)18-13-12(14(20)21-2)10-4-3-5-11(10)23-13/h6-7H,3-5,8H2,1-2H3,(H2,16,18,22). The summed E-state index contributed by atoms with van der Waals surface area (Å²) < 4.78 is 6.72. The highest BCUT2D eigenvalue weighted by Crippen LogP contribution is 2.39. The molecule has 0 spiro atoms. The summed E-state index contributed by atoms with van der Waals surface area (Å²) in [6.45, 7) is 0.570. The van der Waals surface area contributed by atoms with Crippen LogP contribution >= 0.6 is 23.6 Å². The number of thiocarbonyl (C=S) groups is 1. The SMILES string of the molecule is COC(=O)c1c(NC(=S)NCc2ccnn2C)sc2c1CCC2. The maximum atomic E-state index is 12.1. The number of thiophene rings is 1. The minimum Gasteiger partial charge on any atom is -0.465 e. The van der Waals surface area contributed by atoms with Crippen molar-refractivity contribution in [1.29, 1.82) is 0 Å². The maximum absolute atomic E-state index is 12.1. The van der Waals surface area contributed by atoms with Crippen molar-refractivity contribution in [2.45, 2.75) is 25.8 Å². The number of rotatable bonds is 4. The zero-order chi connectivity index (χ0) is 16.4. The van der Waals surface area contributed by atoms with E-state index < -0.39 is 0 Å². The van der Waals surface area contributed by atoms with Crippen LogP contribution in [-0.4, -0.2) is 28.0 Å². The molecule has 23 heavy (non-hydrogen) atoms. The third kappa shape index (κ3) is 3.23. The minimum absolute atomic E-state index is 0.304. The zero-order valence-electron chi connectivity index (χ0n) is 13.0. The summed E-state index contributed by atoms with van der Waals surface area (Å²) in [6.07, 6.45) is 4.77. The number of nitrogens with zero attached hydrogens (tertiary/aromatic N) is 2. The number of esters is 1. The number of carbonyl (C=O) groups is 1. The maximum Gasteiger partial charge on any atom is 0.341 e. The van der Waals surface area contributed by atoms with E-state index in [1.54, 1.807) is 22.2 Å². The van der Waals surface area contributed by atoms with E-state index in [1.807, 2.05) is 13.1 Å². The quantitative estimate of drug-likeness (QED) is 0.651. The molecule has 0 aromatic carbocycles. The molecule has 1 aliphatic rings. The Morgan fingerprint density at radius 3 is 3.04 bits per heavy atom. The van der Waals surface area contributed by atoms with Gasteiger partial charge in [0.05, 0.1) is 24.9 Å². The van der Waals surface area contributed by atoms with Gasteiger partial charge in [-0.3, -0.25) is 4.68 Å². The van der Waals surface area contributed by atoms with Gasteiger partial charge in [-0.2, -0.15) is 5.10 Å². The third-order valence-corrected chi connectivity index (χ3v) is 5.34. The summed E-state index contributed by atoms with van der Waals surface area (Å²) in [5.74, 6) is -0.304. The molecule has 0 atom stereocenters. The minimum atomic E-state index is -0.304. The molecule has 0 saturated heterocycles. The number of carbonyl (C=O) groups excluding carboxylic acids is 1. The highest BCUT2D eigenvalue weighted by atomic mass is 32.1.